The quantitative estimate of drug-likeness (QED) is 0.865. The zero-order valence-electron chi connectivity index (χ0n) is 14.5. The second-order valence-electron chi connectivity index (χ2n) is 6.58. The molecular weight excluding hydrogens is 333 g/mol. The third-order valence-electron chi connectivity index (χ3n) is 4.57. The van der Waals surface area contributed by atoms with Crippen LogP contribution in [0.15, 0.2) is 42.7 Å². The number of benzene rings is 1. The highest BCUT2D eigenvalue weighted by Gasteiger charge is 2.17. The summed E-state index contributed by atoms with van der Waals surface area (Å²) in [5.74, 6) is -0.840. The van der Waals surface area contributed by atoms with E-state index in [1.165, 1.54) is 30.9 Å². The molecule has 0 aliphatic heterocycles. The van der Waals surface area contributed by atoms with Gasteiger partial charge in [0.1, 0.15) is 5.82 Å². The van der Waals surface area contributed by atoms with E-state index in [-0.39, 0.29) is 30.2 Å². The highest BCUT2D eigenvalue weighted by molar-refractivity contribution is 5.99. The van der Waals surface area contributed by atoms with E-state index in [2.05, 4.69) is 15.6 Å². The van der Waals surface area contributed by atoms with Gasteiger partial charge in [0, 0.05) is 25.0 Å². The molecule has 1 heterocycles. The van der Waals surface area contributed by atoms with E-state index in [0.717, 1.165) is 31.2 Å². The van der Waals surface area contributed by atoms with Crippen molar-refractivity contribution in [1.82, 2.24) is 15.6 Å². The van der Waals surface area contributed by atoms with Crippen molar-refractivity contribution in [3.05, 3.63) is 65.2 Å². The summed E-state index contributed by atoms with van der Waals surface area (Å²) >= 11 is 0. The number of hydrogen-bond acceptors (Lipinski definition) is 3. The van der Waals surface area contributed by atoms with Crippen molar-refractivity contribution in [3.8, 4) is 0 Å². The number of hydrogen-bond donors (Lipinski definition) is 2. The molecule has 3 rings (SSSR count). The molecule has 0 atom stereocenters. The van der Waals surface area contributed by atoms with Crippen molar-refractivity contribution in [1.29, 1.82) is 0 Å². The average molecular weight is 355 g/mol. The smallest absolute Gasteiger partial charge is 0.253 e. The fraction of sp³-hybridized carbons (Fsp3) is 0.350. The number of carbonyl (C=O) groups excluding carboxylic acids is 2. The predicted octanol–water partition coefficient (Wildman–Crippen LogP) is 3.21. The first-order valence-electron chi connectivity index (χ1n) is 8.90. The number of aromatic nitrogens is 1. The summed E-state index contributed by atoms with van der Waals surface area (Å²) in [4.78, 5) is 28.7. The van der Waals surface area contributed by atoms with Crippen LogP contribution in [0.2, 0.25) is 0 Å². The standard InChI is InChI=1S/C20H22FN3O2/c21-17-8-6-14(7-9-17)11-23-19(25)15-10-16(13-22-12-15)20(26)24-18-4-2-1-3-5-18/h6-10,12-13,18H,1-5,11H2,(H,23,25)(H,24,26). The minimum Gasteiger partial charge on any atom is -0.349 e. The summed E-state index contributed by atoms with van der Waals surface area (Å²) in [7, 11) is 0. The minimum absolute atomic E-state index is 0.197. The summed E-state index contributed by atoms with van der Waals surface area (Å²) in [5, 5.41) is 5.77. The molecule has 2 amide bonds. The molecule has 1 aromatic carbocycles. The molecule has 5 nitrogen and oxygen atoms in total. The molecule has 0 spiro atoms. The number of nitrogens with one attached hydrogen (secondary N) is 2. The third kappa shape index (κ3) is 4.88. The molecule has 2 aromatic rings. The summed E-state index contributed by atoms with van der Waals surface area (Å²) in [6, 6.07) is 7.67. The third-order valence-corrected chi connectivity index (χ3v) is 4.57. The Morgan fingerprint density at radius 3 is 2.35 bits per heavy atom. The van der Waals surface area contributed by atoms with Crippen LogP contribution in [0.25, 0.3) is 0 Å². The Morgan fingerprint density at radius 1 is 1.00 bits per heavy atom. The van der Waals surface area contributed by atoms with Gasteiger partial charge in [0.15, 0.2) is 0 Å². The Balaban J connectivity index is 1.59. The number of carbonyl (C=O) groups is 2. The number of pyridine rings is 1. The van der Waals surface area contributed by atoms with Crippen LogP contribution in [-0.4, -0.2) is 22.8 Å². The normalized spacial score (nSPS) is 14.7. The average Bonchev–Trinajstić information content (AvgIpc) is 2.68. The van der Waals surface area contributed by atoms with Crippen molar-refractivity contribution >= 4 is 11.8 Å². The van der Waals surface area contributed by atoms with Gasteiger partial charge in [-0.05, 0) is 36.6 Å². The van der Waals surface area contributed by atoms with Crippen molar-refractivity contribution in [2.24, 2.45) is 0 Å². The fourth-order valence-electron chi connectivity index (χ4n) is 3.09. The van der Waals surface area contributed by atoms with Gasteiger partial charge >= 0.3 is 0 Å². The molecule has 0 unspecified atom stereocenters. The van der Waals surface area contributed by atoms with E-state index < -0.39 is 0 Å². The van der Waals surface area contributed by atoms with Crippen LogP contribution in [0.3, 0.4) is 0 Å². The van der Waals surface area contributed by atoms with Gasteiger partial charge in [-0.2, -0.15) is 0 Å². The van der Waals surface area contributed by atoms with E-state index >= 15 is 0 Å². The molecule has 1 aliphatic carbocycles. The van der Waals surface area contributed by atoms with E-state index in [0.29, 0.717) is 11.1 Å². The molecule has 0 saturated heterocycles. The van der Waals surface area contributed by atoms with E-state index in [1.54, 1.807) is 18.2 Å². The number of halogens is 1. The van der Waals surface area contributed by atoms with E-state index in [4.69, 9.17) is 0 Å². The molecule has 0 bridgehead atoms. The first-order chi connectivity index (χ1) is 12.6. The Bertz CT molecular complexity index is 771. The lowest BCUT2D eigenvalue weighted by atomic mass is 9.95. The SMILES string of the molecule is O=C(NCc1ccc(F)cc1)c1cncc(C(=O)NC2CCCCC2)c1. The molecule has 1 aliphatic rings. The van der Waals surface area contributed by atoms with Gasteiger partial charge in [-0.15, -0.1) is 0 Å². The van der Waals surface area contributed by atoms with Crippen LogP contribution in [0, 0.1) is 5.82 Å². The maximum atomic E-state index is 12.9. The van der Waals surface area contributed by atoms with Gasteiger partial charge in [0.05, 0.1) is 11.1 Å². The number of rotatable bonds is 5. The lowest BCUT2D eigenvalue weighted by molar-refractivity contribution is 0.0927. The molecule has 6 heteroatoms. The summed E-state index contributed by atoms with van der Waals surface area (Å²) < 4.78 is 12.9. The van der Waals surface area contributed by atoms with E-state index in [1.807, 2.05) is 0 Å². The zero-order chi connectivity index (χ0) is 18.4. The molecule has 26 heavy (non-hydrogen) atoms. The monoisotopic (exact) mass is 355 g/mol. The first kappa shape index (κ1) is 18.0. The molecule has 1 fully saturated rings. The maximum Gasteiger partial charge on any atom is 0.253 e. The second-order valence-corrected chi connectivity index (χ2v) is 6.58. The molecule has 1 aromatic heterocycles. The lowest BCUT2D eigenvalue weighted by Crippen LogP contribution is -2.36. The molecule has 2 N–H and O–H groups in total. The Morgan fingerprint density at radius 2 is 1.65 bits per heavy atom. The largest absolute Gasteiger partial charge is 0.349 e. The Hall–Kier alpha value is -2.76. The molecule has 0 radical (unpaired) electrons. The van der Waals surface area contributed by atoms with Gasteiger partial charge in [-0.25, -0.2) is 4.39 Å². The fourth-order valence-corrected chi connectivity index (χ4v) is 3.09. The van der Waals surface area contributed by atoms with Crippen LogP contribution in [0.1, 0.15) is 58.4 Å². The molecular formula is C20H22FN3O2. The van der Waals surface area contributed by atoms with Crippen LogP contribution in [-0.2, 0) is 6.54 Å². The topological polar surface area (TPSA) is 71.1 Å². The number of amides is 2. The second kappa shape index (κ2) is 8.56. The Kier molecular flexibility index (Phi) is 5.94. The molecule has 1 saturated carbocycles. The van der Waals surface area contributed by atoms with Crippen molar-refractivity contribution in [2.75, 3.05) is 0 Å². The highest BCUT2D eigenvalue weighted by Crippen LogP contribution is 2.18. The van der Waals surface area contributed by atoms with E-state index in [9.17, 15) is 14.0 Å². The highest BCUT2D eigenvalue weighted by atomic mass is 19.1. The van der Waals surface area contributed by atoms with Crippen LogP contribution in [0.4, 0.5) is 4.39 Å². The number of nitrogens with zero attached hydrogens (tertiary/aromatic N) is 1. The predicted molar refractivity (Wildman–Crippen MR) is 96.1 cm³/mol. The van der Waals surface area contributed by atoms with Gasteiger partial charge < -0.3 is 10.6 Å². The summed E-state index contributed by atoms with van der Waals surface area (Å²) in [5.41, 5.74) is 1.49. The van der Waals surface area contributed by atoms with Crippen LogP contribution < -0.4 is 10.6 Å². The van der Waals surface area contributed by atoms with Crippen LogP contribution >= 0.6 is 0 Å². The van der Waals surface area contributed by atoms with Crippen molar-refractivity contribution in [3.63, 3.8) is 0 Å². The zero-order valence-corrected chi connectivity index (χ0v) is 14.5. The minimum atomic E-state index is -0.325. The van der Waals surface area contributed by atoms with Gasteiger partial charge in [-0.3, -0.25) is 14.6 Å². The summed E-state index contributed by atoms with van der Waals surface area (Å²) in [6.07, 6.45) is 8.38. The maximum absolute atomic E-state index is 12.9. The van der Waals surface area contributed by atoms with Crippen molar-refractivity contribution < 1.29 is 14.0 Å². The van der Waals surface area contributed by atoms with Crippen molar-refractivity contribution in [2.45, 2.75) is 44.7 Å². The van der Waals surface area contributed by atoms with Gasteiger partial charge in [0.25, 0.3) is 11.8 Å². The van der Waals surface area contributed by atoms with Crippen LogP contribution in [0.5, 0.6) is 0 Å². The lowest BCUT2D eigenvalue weighted by Gasteiger charge is -2.22. The van der Waals surface area contributed by atoms with Gasteiger partial charge in [-0.1, -0.05) is 31.4 Å². The summed E-state index contributed by atoms with van der Waals surface area (Å²) in [6.45, 7) is 0.275. The molecule has 136 valence electrons. The van der Waals surface area contributed by atoms with Gasteiger partial charge in [0.2, 0.25) is 0 Å². The first-order valence-corrected chi connectivity index (χ1v) is 8.90. The Labute approximate surface area is 152 Å².